The molecule has 0 unspecified atom stereocenters. The molecule has 0 aliphatic heterocycles. The second-order valence-corrected chi connectivity index (χ2v) is 5.39. The van der Waals surface area contributed by atoms with Gasteiger partial charge < -0.3 is 16.0 Å². The number of nitrogens with two attached hydrogens (primary N) is 1. The molecule has 1 aromatic rings. The predicted molar refractivity (Wildman–Crippen MR) is 104 cm³/mol. The second kappa shape index (κ2) is 14.8. The number of hydrogen-bond donors (Lipinski definition) is 2. The highest BCUT2D eigenvalue weighted by Crippen LogP contribution is 2.10. The molecule has 0 heterocycles. The van der Waals surface area contributed by atoms with E-state index in [1.807, 2.05) is 24.3 Å². The number of hydrogen-bond acceptors (Lipinski definition) is 3. The van der Waals surface area contributed by atoms with E-state index >= 15 is 0 Å². The maximum atomic E-state index is 11.9. The monoisotopic (exact) mass is 363 g/mol. The summed E-state index contributed by atoms with van der Waals surface area (Å²) < 4.78 is 0. The molecule has 1 aromatic carbocycles. The number of benzene rings is 1. The standard InChI is InChI=1S/C17H29N3O.2ClH/c1-3-11-20(12-4-2)13-5-6-17(21)19-16-9-7-15(14-18)8-10-16;;/h7-10H,3-6,11-14,18H2,1-2H3,(H,19,21);2*1H. The van der Waals surface area contributed by atoms with Crippen molar-refractivity contribution in [2.24, 2.45) is 5.73 Å². The Labute approximate surface area is 153 Å². The zero-order valence-electron chi connectivity index (χ0n) is 14.2. The maximum absolute atomic E-state index is 11.9. The highest BCUT2D eigenvalue weighted by Gasteiger charge is 2.06. The van der Waals surface area contributed by atoms with Crippen LogP contribution in [0.15, 0.2) is 24.3 Å². The number of carbonyl (C=O) groups is 1. The Morgan fingerprint density at radius 2 is 1.61 bits per heavy atom. The molecule has 0 saturated carbocycles. The summed E-state index contributed by atoms with van der Waals surface area (Å²) in [6.45, 7) is 8.16. The highest BCUT2D eigenvalue weighted by atomic mass is 35.5. The molecular formula is C17H31Cl2N3O. The zero-order chi connectivity index (χ0) is 15.5. The second-order valence-electron chi connectivity index (χ2n) is 5.39. The molecule has 0 radical (unpaired) electrons. The summed E-state index contributed by atoms with van der Waals surface area (Å²) in [5.74, 6) is 0.0865. The average molecular weight is 364 g/mol. The smallest absolute Gasteiger partial charge is 0.224 e. The van der Waals surface area contributed by atoms with Crippen molar-refractivity contribution in [2.75, 3.05) is 25.0 Å². The summed E-state index contributed by atoms with van der Waals surface area (Å²) in [7, 11) is 0. The van der Waals surface area contributed by atoms with E-state index in [9.17, 15) is 4.79 Å². The van der Waals surface area contributed by atoms with Crippen LogP contribution in [-0.2, 0) is 11.3 Å². The van der Waals surface area contributed by atoms with Gasteiger partial charge in [-0.3, -0.25) is 4.79 Å². The lowest BCUT2D eigenvalue weighted by Gasteiger charge is -2.20. The summed E-state index contributed by atoms with van der Waals surface area (Å²) >= 11 is 0. The van der Waals surface area contributed by atoms with E-state index in [1.165, 1.54) is 12.8 Å². The van der Waals surface area contributed by atoms with Gasteiger partial charge in [-0.2, -0.15) is 0 Å². The third-order valence-electron chi connectivity index (χ3n) is 3.43. The summed E-state index contributed by atoms with van der Waals surface area (Å²) in [5.41, 5.74) is 7.47. The quantitative estimate of drug-likeness (QED) is 0.663. The maximum Gasteiger partial charge on any atom is 0.224 e. The molecule has 0 aromatic heterocycles. The van der Waals surface area contributed by atoms with Crippen LogP contribution in [0, 0.1) is 0 Å². The van der Waals surface area contributed by atoms with E-state index in [0.717, 1.165) is 37.3 Å². The van der Waals surface area contributed by atoms with Crippen LogP contribution < -0.4 is 11.1 Å². The molecule has 3 N–H and O–H groups in total. The molecule has 0 aliphatic carbocycles. The highest BCUT2D eigenvalue weighted by molar-refractivity contribution is 5.90. The minimum atomic E-state index is 0. The molecule has 0 saturated heterocycles. The van der Waals surface area contributed by atoms with Crippen molar-refractivity contribution in [3.8, 4) is 0 Å². The normalized spacial score (nSPS) is 9.91. The van der Waals surface area contributed by atoms with E-state index in [4.69, 9.17) is 5.73 Å². The van der Waals surface area contributed by atoms with Gasteiger partial charge in [0.15, 0.2) is 0 Å². The molecule has 6 heteroatoms. The van der Waals surface area contributed by atoms with E-state index in [-0.39, 0.29) is 30.7 Å². The van der Waals surface area contributed by atoms with Crippen LogP contribution in [0.5, 0.6) is 0 Å². The lowest BCUT2D eigenvalue weighted by atomic mass is 10.2. The van der Waals surface area contributed by atoms with Crippen molar-refractivity contribution in [1.29, 1.82) is 0 Å². The molecular weight excluding hydrogens is 333 g/mol. The fourth-order valence-electron chi connectivity index (χ4n) is 2.38. The fourth-order valence-corrected chi connectivity index (χ4v) is 2.38. The number of nitrogens with zero attached hydrogens (tertiary/aromatic N) is 1. The molecule has 0 spiro atoms. The molecule has 0 fully saturated rings. The summed E-state index contributed by atoms with van der Waals surface area (Å²) in [6.07, 6.45) is 3.81. The number of nitrogens with one attached hydrogen (secondary N) is 1. The molecule has 134 valence electrons. The number of carbonyl (C=O) groups excluding carboxylic acids is 1. The molecule has 1 amide bonds. The largest absolute Gasteiger partial charge is 0.326 e. The van der Waals surface area contributed by atoms with Crippen molar-refractivity contribution in [3.05, 3.63) is 29.8 Å². The fraction of sp³-hybridized carbons (Fsp3) is 0.588. The van der Waals surface area contributed by atoms with E-state index in [2.05, 4.69) is 24.1 Å². The zero-order valence-corrected chi connectivity index (χ0v) is 15.8. The van der Waals surface area contributed by atoms with Gasteiger partial charge in [-0.05, 0) is 56.6 Å². The van der Waals surface area contributed by atoms with Crippen molar-refractivity contribution >= 4 is 36.4 Å². The molecule has 23 heavy (non-hydrogen) atoms. The van der Waals surface area contributed by atoms with E-state index in [1.54, 1.807) is 0 Å². The first-order valence-electron chi connectivity index (χ1n) is 8.00. The molecule has 0 aliphatic rings. The van der Waals surface area contributed by atoms with Crippen LogP contribution in [0.3, 0.4) is 0 Å². The number of amides is 1. The van der Waals surface area contributed by atoms with Gasteiger partial charge in [0.1, 0.15) is 0 Å². The Bertz CT molecular complexity index is 407. The summed E-state index contributed by atoms with van der Waals surface area (Å²) in [6, 6.07) is 7.70. The Balaban J connectivity index is 0. The molecule has 4 nitrogen and oxygen atoms in total. The Hall–Kier alpha value is -0.810. The van der Waals surface area contributed by atoms with E-state index < -0.39 is 0 Å². The van der Waals surface area contributed by atoms with Gasteiger partial charge in [0.2, 0.25) is 5.91 Å². The van der Waals surface area contributed by atoms with Crippen LogP contribution >= 0.6 is 24.8 Å². The van der Waals surface area contributed by atoms with Gasteiger partial charge in [-0.1, -0.05) is 26.0 Å². The summed E-state index contributed by atoms with van der Waals surface area (Å²) in [4.78, 5) is 14.3. The predicted octanol–water partition coefficient (Wildman–Crippen LogP) is 3.83. The van der Waals surface area contributed by atoms with Gasteiger partial charge in [0.05, 0.1) is 0 Å². The first-order chi connectivity index (χ1) is 10.2. The lowest BCUT2D eigenvalue weighted by molar-refractivity contribution is -0.116. The average Bonchev–Trinajstić information content (AvgIpc) is 2.48. The van der Waals surface area contributed by atoms with Crippen LogP contribution in [0.4, 0.5) is 5.69 Å². The first-order valence-corrected chi connectivity index (χ1v) is 8.00. The first kappa shape index (κ1) is 24.4. The van der Waals surface area contributed by atoms with Crippen LogP contribution in [0.2, 0.25) is 0 Å². The minimum absolute atomic E-state index is 0. The van der Waals surface area contributed by atoms with Gasteiger partial charge in [0.25, 0.3) is 0 Å². The third kappa shape index (κ3) is 10.6. The van der Waals surface area contributed by atoms with Gasteiger partial charge >= 0.3 is 0 Å². The van der Waals surface area contributed by atoms with Gasteiger partial charge in [-0.15, -0.1) is 24.8 Å². The Morgan fingerprint density at radius 3 is 2.09 bits per heavy atom. The van der Waals surface area contributed by atoms with Crippen LogP contribution in [-0.4, -0.2) is 30.4 Å². The van der Waals surface area contributed by atoms with Crippen molar-refractivity contribution in [3.63, 3.8) is 0 Å². The Kier molecular flexibility index (Phi) is 15.7. The topological polar surface area (TPSA) is 58.4 Å². The summed E-state index contributed by atoms with van der Waals surface area (Å²) in [5, 5.41) is 2.93. The van der Waals surface area contributed by atoms with Gasteiger partial charge in [-0.25, -0.2) is 0 Å². The van der Waals surface area contributed by atoms with Crippen LogP contribution in [0.1, 0.15) is 45.1 Å². The molecule has 0 atom stereocenters. The number of anilines is 1. The number of rotatable bonds is 10. The van der Waals surface area contributed by atoms with Gasteiger partial charge in [0, 0.05) is 18.7 Å². The lowest BCUT2D eigenvalue weighted by Crippen LogP contribution is -2.27. The molecule has 1 rings (SSSR count). The van der Waals surface area contributed by atoms with Crippen molar-refractivity contribution in [2.45, 2.75) is 46.1 Å². The van der Waals surface area contributed by atoms with Crippen molar-refractivity contribution < 1.29 is 4.79 Å². The Morgan fingerprint density at radius 1 is 1.04 bits per heavy atom. The van der Waals surface area contributed by atoms with Crippen molar-refractivity contribution in [1.82, 2.24) is 4.90 Å². The number of halogens is 2. The third-order valence-corrected chi connectivity index (χ3v) is 3.43. The van der Waals surface area contributed by atoms with Crippen LogP contribution in [0.25, 0.3) is 0 Å². The minimum Gasteiger partial charge on any atom is -0.326 e. The SMILES string of the molecule is CCCN(CCC)CCCC(=O)Nc1ccc(CN)cc1.Cl.Cl. The molecule has 0 bridgehead atoms. The van der Waals surface area contributed by atoms with E-state index in [0.29, 0.717) is 13.0 Å².